The highest BCUT2D eigenvalue weighted by atomic mass is 16.5. The quantitative estimate of drug-likeness (QED) is 0.814. The molecule has 1 aliphatic rings. The van der Waals surface area contributed by atoms with Gasteiger partial charge < -0.3 is 20.1 Å². The van der Waals surface area contributed by atoms with Crippen LogP contribution in [0.2, 0.25) is 0 Å². The van der Waals surface area contributed by atoms with E-state index in [4.69, 9.17) is 9.84 Å². The molecule has 1 fully saturated rings. The van der Waals surface area contributed by atoms with Crippen LogP contribution in [-0.4, -0.2) is 47.8 Å². The predicted molar refractivity (Wildman–Crippen MR) is 86.1 cm³/mol. The molecule has 2 N–H and O–H groups in total. The predicted octanol–water partition coefficient (Wildman–Crippen LogP) is 2.27. The number of nitrogens with one attached hydrogen (secondary N) is 1. The molecular formula is C17H24N2O4. The largest absolute Gasteiger partial charge is 0.466 e. The van der Waals surface area contributed by atoms with Gasteiger partial charge in [-0.15, -0.1) is 0 Å². The average molecular weight is 320 g/mol. The standard InChI is InChI=1S/C17H24N2O4/c1-3-23-16(20)14-11-19(17(21)22)10-9-15(14)18-12(2)13-7-5-4-6-8-13/h4-8,12,14-15,18H,3,9-11H2,1-2H3,(H,21,22)/t12-,14+,15-/m0/s1. The second-order valence-corrected chi connectivity index (χ2v) is 5.78. The molecule has 6 nitrogen and oxygen atoms in total. The van der Waals surface area contributed by atoms with E-state index in [1.165, 1.54) is 4.90 Å². The summed E-state index contributed by atoms with van der Waals surface area (Å²) in [6, 6.07) is 9.96. The molecule has 0 radical (unpaired) electrons. The molecule has 1 amide bonds. The van der Waals surface area contributed by atoms with E-state index in [0.717, 1.165) is 5.56 Å². The summed E-state index contributed by atoms with van der Waals surface area (Å²) in [5.41, 5.74) is 1.13. The molecule has 23 heavy (non-hydrogen) atoms. The molecule has 0 unspecified atom stereocenters. The first-order chi connectivity index (χ1) is 11.0. The molecule has 126 valence electrons. The van der Waals surface area contributed by atoms with Gasteiger partial charge in [0, 0.05) is 25.2 Å². The third kappa shape index (κ3) is 4.45. The number of benzene rings is 1. The Balaban J connectivity index is 2.08. The topological polar surface area (TPSA) is 78.9 Å². The average Bonchev–Trinajstić information content (AvgIpc) is 2.56. The van der Waals surface area contributed by atoms with Gasteiger partial charge in [-0.1, -0.05) is 30.3 Å². The lowest BCUT2D eigenvalue weighted by molar-refractivity contribution is -0.150. The number of piperidine rings is 1. The third-order valence-corrected chi connectivity index (χ3v) is 4.24. The van der Waals surface area contributed by atoms with Crippen LogP contribution in [0.1, 0.15) is 31.9 Å². The molecule has 0 bridgehead atoms. The van der Waals surface area contributed by atoms with Crippen molar-refractivity contribution in [3.8, 4) is 0 Å². The number of hydrogen-bond donors (Lipinski definition) is 2. The minimum atomic E-state index is -0.992. The van der Waals surface area contributed by atoms with Crippen LogP contribution in [0.4, 0.5) is 4.79 Å². The SMILES string of the molecule is CCOC(=O)[C@@H]1CN(C(=O)O)CC[C@@H]1N[C@@H](C)c1ccccc1. The molecule has 0 saturated carbocycles. The summed E-state index contributed by atoms with van der Waals surface area (Å²) < 4.78 is 5.13. The zero-order valence-electron chi connectivity index (χ0n) is 13.6. The van der Waals surface area contributed by atoms with E-state index in [0.29, 0.717) is 19.6 Å². The van der Waals surface area contributed by atoms with Gasteiger partial charge in [0.2, 0.25) is 0 Å². The van der Waals surface area contributed by atoms with Crippen LogP contribution in [0.15, 0.2) is 30.3 Å². The summed E-state index contributed by atoms with van der Waals surface area (Å²) in [6.45, 7) is 4.69. The lowest BCUT2D eigenvalue weighted by Gasteiger charge is -2.37. The molecule has 1 aromatic carbocycles. The van der Waals surface area contributed by atoms with E-state index >= 15 is 0 Å². The van der Waals surface area contributed by atoms with Crippen molar-refractivity contribution < 1.29 is 19.4 Å². The number of ether oxygens (including phenoxy) is 1. The molecule has 3 atom stereocenters. The highest BCUT2D eigenvalue weighted by Gasteiger charge is 2.37. The van der Waals surface area contributed by atoms with Crippen LogP contribution in [0.5, 0.6) is 0 Å². The number of carboxylic acid groups (broad SMARTS) is 1. The van der Waals surface area contributed by atoms with Crippen LogP contribution in [0.3, 0.4) is 0 Å². The summed E-state index contributed by atoms with van der Waals surface area (Å²) in [5, 5.41) is 12.6. The minimum Gasteiger partial charge on any atom is -0.466 e. The molecule has 1 heterocycles. The van der Waals surface area contributed by atoms with Gasteiger partial charge in [0.15, 0.2) is 0 Å². The van der Waals surface area contributed by atoms with Crippen molar-refractivity contribution in [3.63, 3.8) is 0 Å². The number of nitrogens with zero attached hydrogens (tertiary/aromatic N) is 1. The summed E-state index contributed by atoms with van der Waals surface area (Å²) in [5.74, 6) is -0.817. The van der Waals surface area contributed by atoms with Gasteiger partial charge in [-0.25, -0.2) is 4.79 Å². The molecule has 1 saturated heterocycles. The molecule has 1 aliphatic heterocycles. The Morgan fingerprint density at radius 2 is 2.09 bits per heavy atom. The van der Waals surface area contributed by atoms with E-state index in [-0.39, 0.29) is 24.6 Å². The third-order valence-electron chi connectivity index (χ3n) is 4.24. The number of rotatable bonds is 5. The second kappa shape index (κ2) is 7.97. The van der Waals surface area contributed by atoms with Crippen molar-refractivity contribution in [2.24, 2.45) is 5.92 Å². The molecule has 2 rings (SSSR count). The monoisotopic (exact) mass is 320 g/mol. The summed E-state index contributed by atoms with van der Waals surface area (Å²) in [6.07, 6.45) is -0.402. The second-order valence-electron chi connectivity index (χ2n) is 5.78. The van der Waals surface area contributed by atoms with Gasteiger partial charge in [0.05, 0.1) is 12.5 Å². The number of carbonyl (C=O) groups excluding carboxylic acids is 1. The van der Waals surface area contributed by atoms with Crippen LogP contribution in [0, 0.1) is 5.92 Å². The first-order valence-electron chi connectivity index (χ1n) is 7.98. The number of carbonyl (C=O) groups is 2. The Hall–Kier alpha value is -2.08. The first kappa shape index (κ1) is 17.3. The Kier molecular flexibility index (Phi) is 5.98. The molecule has 6 heteroatoms. The zero-order valence-corrected chi connectivity index (χ0v) is 13.6. The van der Waals surface area contributed by atoms with Crippen molar-refractivity contribution in [2.45, 2.75) is 32.4 Å². The van der Waals surface area contributed by atoms with Crippen LogP contribution >= 0.6 is 0 Å². The molecule has 0 spiro atoms. The van der Waals surface area contributed by atoms with Crippen molar-refractivity contribution in [1.29, 1.82) is 0 Å². The summed E-state index contributed by atoms with van der Waals surface area (Å²) >= 11 is 0. The van der Waals surface area contributed by atoms with E-state index < -0.39 is 12.0 Å². The Morgan fingerprint density at radius 1 is 1.39 bits per heavy atom. The zero-order chi connectivity index (χ0) is 16.8. The fourth-order valence-electron chi connectivity index (χ4n) is 2.97. The lowest BCUT2D eigenvalue weighted by atomic mass is 9.91. The van der Waals surface area contributed by atoms with Crippen LogP contribution in [0.25, 0.3) is 0 Å². The molecule has 1 aromatic rings. The Bertz CT molecular complexity index is 535. The molecule has 0 aromatic heterocycles. The van der Waals surface area contributed by atoms with Gasteiger partial charge in [0.25, 0.3) is 0 Å². The van der Waals surface area contributed by atoms with Crippen LogP contribution < -0.4 is 5.32 Å². The lowest BCUT2D eigenvalue weighted by Crippen LogP contribution is -2.54. The van der Waals surface area contributed by atoms with Crippen molar-refractivity contribution >= 4 is 12.1 Å². The van der Waals surface area contributed by atoms with Gasteiger partial charge in [-0.2, -0.15) is 0 Å². The van der Waals surface area contributed by atoms with E-state index in [1.807, 2.05) is 37.3 Å². The van der Waals surface area contributed by atoms with E-state index in [2.05, 4.69) is 5.32 Å². The normalized spacial score (nSPS) is 22.4. The maximum absolute atomic E-state index is 12.2. The molecule has 0 aliphatic carbocycles. The number of amides is 1. The van der Waals surface area contributed by atoms with Crippen molar-refractivity contribution in [2.75, 3.05) is 19.7 Å². The van der Waals surface area contributed by atoms with Gasteiger partial charge in [-0.05, 0) is 25.8 Å². The summed E-state index contributed by atoms with van der Waals surface area (Å²) in [4.78, 5) is 24.7. The van der Waals surface area contributed by atoms with Crippen molar-refractivity contribution in [3.05, 3.63) is 35.9 Å². The van der Waals surface area contributed by atoms with Gasteiger partial charge in [0.1, 0.15) is 0 Å². The van der Waals surface area contributed by atoms with Gasteiger partial charge >= 0.3 is 12.1 Å². The number of hydrogen-bond acceptors (Lipinski definition) is 4. The number of esters is 1. The van der Waals surface area contributed by atoms with Gasteiger partial charge in [-0.3, -0.25) is 4.79 Å². The van der Waals surface area contributed by atoms with E-state index in [1.54, 1.807) is 6.92 Å². The maximum atomic E-state index is 12.2. The fraction of sp³-hybridized carbons (Fsp3) is 0.529. The minimum absolute atomic E-state index is 0.0782. The molecular weight excluding hydrogens is 296 g/mol. The summed E-state index contributed by atoms with van der Waals surface area (Å²) in [7, 11) is 0. The fourth-order valence-corrected chi connectivity index (χ4v) is 2.97. The smallest absolute Gasteiger partial charge is 0.407 e. The maximum Gasteiger partial charge on any atom is 0.407 e. The van der Waals surface area contributed by atoms with E-state index in [9.17, 15) is 9.59 Å². The van der Waals surface area contributed by atoms with Crippen LogP contribution in [-0.2, 0) is 9.53 Å². The highest BCUT2D eigenvalue weighted by molar-refractivity contribution is 5.75. The van der Waals surface area contributed by atoms with Crippen molar-refractivity contribution in [1.82, 2.24) is 10.2 Å². The Labute approximate surface area is 136 Å². The Morgan fingerprint density at radius 3 is 2.70 bits per heavy atom. The highest BCUT2D eigenvalue weighted by Crippen LogP contribution is 2.23. The first-order valence-corrected chi connectivity index (χ1v) is 7.98. The number of likely N-dealkylation sites (tertiary alicyclic amines) is 1.